The summed E-state index contributed by atoms with van der Waals surface area (Å²) in [4.78, 5) is 45.0. The SMILES string of the molecule is CN(CC(=O)Nc1ccc(N2CCOCC2)cc1)C(=O)Cn1cnc2ccc(F)cc2c1=O. The normalized spacial score (nSPS) is 13.7. The number of carbonyl (C=O) groups is 2. The lowest BCUT2D eigenvalue weighted by atomic mass is 10.2. The van der Waals surface area contributed by atoms with Crippen LogP contribution in [0.5, 0.6) is 0 Å². The van der Waals surface area contributed by atoms with E-state index in [4.69, 9.17) is 4.74 Å². The molecule has 1 aromatic heterocycles. The minimum atomic E-state index is -0.558. The van der Waals surface area contributed by atoms with Crippen molar-refractivity contribution in [3.63, 3.8) is 0 Å². The number of hydrogen-bond acceptors (Lipinski definition) is 6. The van der Waals surface area contributed by atoms with Gasteiger partial charge in [0, 0.05) is 31.5 Å². The van der Waals surface area contributed by atoms with E-state index in [1.807, 2.05) is 24.3 Å². The lowest BCUT2D eigenvalue weighted by Crippen LogP contribution is -2.38. The molecule has 0 bridgehead atoms. The van der Waals surface area contributed by atoms with Crippen LogP contribution in [0, 0.1) is 5.82 Å². The molecular weight excluding hydrogens is 429 g/mol. The highest BCUT2D eigenvalue weighted by Crippen LogP contribution is 2.19. The van der Waals surface area contributed by atoms with Gasteiger partial charge in [-0.15, -0.1) is 0 Å². The second-order valence-corrected chi connectivity index (χ2v) is 7.78. The van der Waals surface area contributed by atoms with Gasteiger partial charge in [-0.3, -0.25) is 19.0 Å². The molecule has 9 nitrogen and oxygen atoms in total. The van der Waals surface area contributed by atoms with Crippen LogP contribution in [-0.4, -0.2) is 66.2 Å². The van der Waals surface area contributed by atoms with Crippen molar-refractivity contribution >= 4 is 34.1 Å². The molecule has 1 fully saturated rings. The Morgan fingerprint density at radius 2 is 1.88 bits per heavy atom. The summed E-state index contributed by atoms with van der Waals surface area (Å²) in [6.45, 7) is 2.53. The smallest absolute Gasteiger partial charge is 0.261 e. The highest BCUT2D eigenvalue weighted by atomic mass is 19.1. The number of benzene rings is 2. The van der Waals surface area contributed by atoms with Crippen LogP contribution < -0.4 is 15.8 Å². The fraction of sp³-hybridized carbons (Fsp3) is 0.304. The van der Waals surface area contributed by atoms with Crippen LogP contribution in [0.4, 0.5) is 15.8 Å². The Bertz CT molecular complexity index is 1220. The molecule has 1 aliphatic heterocycles. The second kappa shape index (κ2) is 9.78. The van der Waals surface area contributed by atoms with Crippen molar-refractivity contribution in [2.24, 2.45) is 0 Å². The molecule has 33 heavy (non-hydrogen) atoms. The molecule has 172 valence electrons. The molecule has 0 aliphatic carbocycles. The number of nitrogens with one attached hydrogen (secondary N) is 1. The van der Waals surface area contributed by atoms with E-state index >= 15 is 0 Å². The molecule has 4 rings (SSSR count). The zero-order valence-electron chi connectivity index (χ0n) is 18.2. The van der Waals surface area contributed by atoms with Crippen LogP contribution in [0.15, 0.2) is 53.6 Å². The Kier molecular flexibility index (Phi) is 6.64. The molecule has 0 atom stereocenters. The predicted octanol–water partition coefficient (Wildman–Crippen LogP) is 1.47. The average Bonchev–Trinajstić information content (AvgIpc) is 2.82. The summed E-state index contributed by atoms with van der Waals surface area (Å²) in [5.41, 5.74) is 1.50. The minimum Gasteiger partial charge on any atom is -0.378 e. The number of halogens is 1. The third kappa shape index (κ3) is 5.35. The molecule has 0 unspecified atom stereocenters. The number of hydrogen-bond donors (Lipinski definition) is 1. The first-order valence-corrected chi connectivity index (χ1v) is 10.5. The zero-order valence-corrected chi connectivity index (χ0v) is 18.2. The van der Waals surface area contributed by atoms with Crippen LogP contribution in [-0.2, 0) is 20.9 Å². The van der Waals surface area contributed by atoms with Gasteiger partial charge >= 0.3 is 0 Å². The molecular formula is C23H24FN5O4. The molecule has 1 N–H and O–H groups in total. The predicted molar refractivity (Wildman–Crippen MR) is 122 cm³/mol. The Morgan fingerprint density at radius 1 is 1.15 bits per heavy atom. The van der Waals surface area contributed by atoms with Crippen molar-refractivity contribution in [1.82, 2.24) is 14.5 Å². The number of anilines is 2. The molecule has 1 saturated heterocycles. The number of aromatic nitrogens is 2. The van der Waals surface area contributed by atoms with E-state index in [1.165, 1.54) is 30.4 Å². The van der Waals surface area contributed by atoms with E-state index in [0.717, 1.165) is 29.4 Å². The van der Waals surface area contributed by atoms with Gasteiger partial charge in [0.2, 0.25) is 11.8 Å². The zero-order chi connectivity index (χ0) is 23.4. The maximum Gasteiger partial charge on any atom is 0.261 e. The van der Waals surface area contributed by atoms with Gasteiger partial charge in [0.25, 0.3) is 5.56 Å². The molecule has 0 spiro atoms. The van der Waals surface area contributed by atoms with E-state index in [0.29, 0.717) is 24.4 Å². The van der Waals surface area contributed by atoms with E-state index in [9.17, 15) is 18.8 Å². The topological polar surface area (TPSA) is 96.8 Å². The number of nitrogens with zero attached hydrogens (tertiary/aromatic N) is 4. The first kappa shape index (κ1) is 22.4. The molecule has 0 radical (unpaired) electrons. The standard InChI is InChI=1S/C23H24FN5O4/c1-27(22(31)14-29-15-25-20-7-2-16(24)12-19(20)23(29)32)13-21(30)26-17-3-5-18(6-4-17)28-8-10-33-11-9-28/h2-7,12,15H,8-11,13-14H2,1H3,(H,26,30). The quantitative estimate of drug-likeness (QED) is 0.607. The van der Waals surface area contributed by atoms with Gasteiger partial charge in [0.1, 0.15) is 12.4 Å². The molecule has 10 heteroatoms. The fourth-order valence-electron chi connectivity index (χ4n) is 3.59. The Balaban J connectivity index is 1.34. The fourth-order valence-corrected chi connectivity index (χ4v) is 3.59. The Morgan fingerprint density at radius 3 is 2.61 bits per heavy atom. The van der Waals surface area contributed by atoms with Crippen LogP contribution in [0.2, 0.25) is 0 Å². The van der Waals surface area contributed by atoms with Gasteiger partial charge in [0.15, 0.2) is 0 Å². The van der Waals surface area contributed by atoms with Crippen molar-refractivity contribution in [1.29, 1.82) is 0 Å². The lowest BCUT2D eigenvalue weighted by molar-refractivity contribution is -0.133. The molecule has 2 amide bonds. The molecule has 1 aliphatic rings. The van der Waals surface area contributed by atoms with Gasteiger partial charge in [-0.2, -0.15) is 0 Å². The maximum atomic E-state index is 13.5. The summed E-state index contributed by atoms with van der Waals surface area (Å²) < 4.78 is 19.9. The molecule has 3 aromatic rings. The third-order valence-corrected chi connectivity index (χ3v) is 5.43. The third-order valence-electron chi connectivity index (χ3n) is 5.43. The lowest BCUT2D eigenvalue weighted by Gasteiger charge is -2.28. The number of rotatable bonds is 6. The van der Waals surface area contributed by atoms with Gasteiger partial charge in [-0.05, 0) is 42.5 Å². The van der Waals surface area contributed by atoms with Gasteiger partial charge < -0.3 is 19.9 Å². The van der Waals surface area contributed by atoms with Crippen LogP contribution >= 0.6 is 0 Å². The summed E-state index contributed by atoms with van der Waals surface area (Å²) in [5.74, 6) is -1.37. The van der Waals surface area contributed by atoms with E-state index in [-0.39, 0.29) is 24.4 Å². The molecule has 0 saturated carbocycles. The van der Waals surface area contributed by atoms with Gasteiger partial charge in [-0.1, -0.05) is 0 Å². The number of fused-ring (bicyclic) bond motifs is 1. The number of amides is 2. The van der Waals surface area contributed by atoms with Gasteiger partial charge in [0.05, 0.1) is 37.0 Å². The monoisotopic (exact) mass is 453 g/mol. The van der Waals surface area contributed by atoms with E-state index in [2.05, 4.69) is 15.2 Å². The molecule has 2 heterocycles. The Hall–Kier alpha value is -3.79. The maximum absolute atomic E-state index is 13.5. The minimum absolute atomic E-state index is 0.0891. The Labute approximate surface area is 189 Å². The number of likely N-dealkylation sites (N-methyl/N-ethyl adjacent to an activating group) is 1. The summed E-state index contributed by atoms with van der Waals surface area (Å²) in [5, 5.41) is 2.85. The van der Waals surface area contributed by atoms with Crippen molar-refractivity contribution in [3.8, 4) is 0 Å². The van der Waals surface area contributed by atoms with Gasteiger partial charge in [-0.25, -0.2) is 9.37 Å². The van der Waals surface area contributed by atoms with Crippen molar-refractivity contribution in [2.45, 2.75) is 6.54 Å². The number of ether oxygens (including phenoxy) is 1. The highest BCUT2D eigenvalue weighted by molar-refractivity contribution is 5.94. The summed E-state index contributed by atoms with van der Waals surface area (Å²) in [7, 11) is 1.47. The van der Waals surface area contributed by atoms with Crippen LogP contribution in [0.1, 0.15) is 0 Å². The summed E-state index contributed by atoms with van der Waals surface area (Å²) in [6.07, 6.45) is 1.24. The van der Waals surface area contributed by atoms with Crippen LogP contribution in [0.3, 0.4) is 0 Å². The first-order valence-electron chi connectivity index (χ1n) is 10.5. The summed E-state index contributed by atoms with van der Waals surface area (Å²) >= 11 is 0. The molecule has 2 aromatic carbocycles. The van der Waals surface area contributed by atoms with Crippen molar-refractivity contribution < 1.29 is 18.7 Å². The van der Waals surface area contributed by atoms with E-state index in [1.54, 1.807) is 0 Å². The van der Waals surface area contributed by atoms with Crippen LogP contribution in [0.25, 0.3) is 10.9 Å². The number of morpholine rings is 1. The largest absolute Gasteiger partial charge is 0.378 e. The summed E-state index contributed by atoms with van der Waals surface area (Å²) in [6, 6.07) is 11.2. The highest BCUT2D eigenvalue weighted by Gasteiger charge is 2.16. The van der Waals surface area contributed by atoms with E-state index < -0.39 is 17.3 Å². The second-order valence-electron chi connectivity index (χ2n) is 7.78. The van der Waals surface area contributed by atoms with Crippen molar-refractivity contribution in [3.05, 3.63) is 65.0 Å². The first-order chi connectivity index (χ1) is 15.9. The van der Waals surface area contributed by atoms with Crippen molar-refractivity contribution in [2.75, 3.05) is 50.1 Å². The average molecular weight is 453 g/mol. The number of carbonyl (C=O) groups excluding carboxylic acids is 2.